The van der Waals surface area contributed by atoms with Gasteiger partial charge in [0.15, 0.2) is 0 Å². The summed E-state index contributed by atoms with van der Waals surface area (Å²) in [6, 6.07) is 0.779. The summed E-state index contributed by atoms with van der Waals surface area (Å²) in [4.78, 5) is 2.46. The Balaban J connectivity index is 1.97. The zero-order valence-electron chi connectivity index (χ0n) is 7.47. The van der Waals surface area contributed by atoms with Gasteiger partial charge in [-0.25, -0.2) is 0 Å². The molecule has 0 aromatic heterocycles. The van der Waals surface area contributed by atoms with E-state index in [1.54, 1.807) is 0 Å². The highest BCUT2D eigenvalue weighted by Gasteiger charge is 2.42. The van der Waals surface area contributed by atoms with Crippen LogP contribution in [-0.4, -0.2) is 37.7 Å². The van der Waals surface area contributed by atoms with Crippen molar-refractivity contribution in [3.63, 3.8) is 0 Å². The van der Waals surface area contributed by atoms with Crippen LogP contribution < -0.4 is 0 Å². The first-order valence-electron chi connectivity index (χ1n) is 4.50. The van der Waals surface area contributed by atoms with Gasteiger partial charge in [0.2, 0.25) is 0 Å². The second kappa shape index (κ2) is 2.46. The number of hydrogen-bond donors (Lipinski definition) is 0. The molecular formula is C9H17NO. The zero-order valence-corrected chi connectivity index (χ0v) is 7.47. The molecule has 1 atom stereocenters. The Morgan fingerprint density at radius 1 is 1.45 bits per heavy atom. The van der Waals surface area contributed by atoms with Crippen molar-refractivity contribution in [2.45, 2.75) is 25.8 Å². The molecule has 2 rings (SSSR count). The largest absolute Gasteiger partial charge is 0.380 e. The van der Waals surface area contributed by atoms with Gasteiger partial charge >= 0.3 is 0 Å². The van der Waals surface area contributed by atoms with Crippen LogP contribution in [0.15, 0.2) is 0 Å². The summed E-state index contributed by atoms with van der Waals surface area (Å²) in [6.45, 7) is 5.56. The summed E-state index contributed by atoms with van der Waals surface area (Å²) in [6.07, 6.45) is 2.72. The van der Waals surface area contributed by atoms with Gasteiger partial charge in [-0.3, -0.25) is 0 Å². The van der Waals surface area contributed by atoms with Crippen LogP contribution >= 0.6 is 0 Å². The fourth-order valence-electron chi connectivity index (χ4n) is 2.13. The summed E-state index contributed by atoms with van der Waals surface area (Å²) in [5.74, 6) is 0. The van der Waals surface area contributed by atoms with Crippen LogP contribution in [0.25, 0.3) is 0 Å². The number of ether oxygens (including phenoxy) is 1. The van der Waals surface area contributed by atoms with Crippen LogP contribution in [0, 0.1) is 5.41 Å². The molecule has 0 aromatic rings. The molecule has 0 aromatic carbocycles. The van der Waals surface area contributed by atoms with Crippen molar-refractivity contribution in [1.29, 1.82) is 0 Å². The zero-order chi connectivity index (χ0) is 7.90. The van der Waals surface area contributed by atoms with Crippen molar-refractivity contribution >= 4 is 0 Å². The smallest absolute Gasteiger partial charge is 0.0557 e. The molecule has 0 saturated carbocycles. The van der Waals surface area contributed by atoms with Crippen molar-refractivity contribution in [2.24, 2.45) is 5.41 Å². The Morgan fingerprint density at radius 2 is 2.18 bits per heavy atom. The van der Waals surface area contributed by atoms with E-state index in [1.807, 2.05) is 0 Å². The molecule has 11 heavy (non-hydrogen) atoms. The highest BCUT2D eigenvalue weighted by atomic mass is 16.5. The first-order valence-corrected chi connectivity index (χ1v) is 4.50. The van der Waals surface area contributed by atoms with Crippen molar-refractivity contribution in [1.82, 2.24) is 4.90 Å². The molecule has 2 heterocycles. The monoisotopic (exact) mass is 155 g/mol. The maximum Gasteiger partial charge on any atom is 0.0557 e. The first kappa shape index (κ1) is 7.56. The molecule has 0 aliphatic carbocycles. The fraction of sp³-hybridized carbons (Fsp3) is 1.00. The van der Waals surface area contributed by atoms with Crippen molar-refractivity contribution in [3.05, 3.63) is 0 Å². The summed E-state index contributed by atoms with van der Waals surface area (Å²) < 4.78 is 5.27. The lowest BCUT2D eigenvalue weighted by molar-refractivity contribution is -0.147. The normalized spacial score (nSPS) is 37.1. The predicted molar refractivity (Wildman–Crippen MR) is 44.6 cm³/mol. The number of likely N-dealkylation sites (tertiary alicyclic amines) is 1. The molecule has 2 heteroatoms. The van der Waals surface area contributed by atoms with E-state index >= 15 is 0 Å². The van der Waals surface area contributed by atoms with Crippen LogP contribution in [0.4, 0.5) is 0 Å². The predicted octanol–water partition coefficient (Wildman–Crippen LogP) is 1.12. The first-order chi connectivity index (χ1) is 5.22. The number of hydrogen-bond acceptors (Lipinski definition) is 2. The quantitative estimate of drug-likeness (QED) is 0.519. The summed E-state index contributed by atoms with van der Waals surface area (Å²) in [7, 11) is 2.23. The van der Waals surface area contributed by atoms with E-state index in [2.05, 4.69) is 18.9 Å². The highest BCUT2D eigenvalue weighted by molar-refractivity contribution is 4.93. The Morgan fingerprint density at radius 3 is 2.64 bits per heavy atom. The van der Waals surface area contributed by atoms with Crippen LogP contribution in [0.2, 0.25) is 0 Å². The minimum Gasteiger partial charge on any atom is -0.380 e. The molecule has 2 aliphatic heterocycles. The third-order valence-corrected chi connectivity index (χ3v) is 3.25. The average Bonchev–Trinajstić information content (AvgIpc) is 1.92. The van der Waals surface area contributed by atoms with Crippen LogP contribution in [-0.2, 0) is 4.74 Å². The Bertz CT molecular complexity index is 154. The lowest BCUT2D eigenvalue weighted by atomic mass is 9.76. The maximum atomic E-state index is 5.27. The van der Waals surface area contributed by atoms with Crippen LogP contribution in [0.5, 0.6) is 0 Å². The number of piperidine rings is 1. The Kier molecular flexibility index (Phi) is 1.69. The third kappa shape index (κ3) is 1.18. The Hall–Kier alpha value is -0.0800. The molecule has 2 saturated heterocycles. The Labute approximate surface area is 68.5 Å². The molecule has 0 bridgehead atoms. The molecule has 64 valence electrons. The minimum atomic E-state index is 0.557. The molecule has 2 nitrogen and oxygen atoms in total. The molecule has 0 radical (unpaired) electrons. The highest BCUT2D eigenvalue weighted by Crippen LogP contribution is 2.38. The topological polar surface area (TPSA) is 12.5 Å². The van der Waals surface area contributed by atoms with Gasteiger partial charge in [-0.05, 0) is 26.8 Å². The SMILES string of the molecule is C[C@H]1CCC2(COC2)CN1C. The standard InChI is InChI=1S/C9H17NO/c1-8-3-4-9(5-10(8)2)6-11-7-9/h8H,3-7H2,1-2H3/t8-/m0/s1. The molecule has 0 unspecified atom stereocenters. The fourth-order valence-corrected chi connectivity index (χ4v) is 2.13. The second-order valence-electron chi connectivity index (χ2n) is 4.30. The maximum absolute atomic E-state index is 5.27. The molecule has 1 spiro atoms. The van der Waals surface area contributed by atoms with Gasteiger partial charge in [-0.15, -0.1) is 0 Å². The summed E-state index contributed by atoms with van der Waals surface area (Å²) in [5.41, 5.74) is 0.557. The van der Waals surface area contributed by atoms with E-state index in [0.29, 0.717) is 5.41 Å². The van der Waals surface area contributed by atoms with Gasteiger partial charge in [-0.1, -0.05) is 0 Å². The van der Waals surface area contributed by atoms with Crippen molar-refractivity contribution < 1.29 is 4.74 Å². The summed E-state index contributed by atoms with van der Waals surface area (Å²) in [5, 5.41) is 0. The van der Waals surface area contributed by atoms with Gasteiger partial charge in [0, 0.05) is 18.0 Å². The second-order valence-corrected chi connectivity index (χ2v) is 4.30. The molecule has 0 amide bonds. The van der Waals surface area contributed by atoms with E-state index < -0.39 is 0 Å². The molecular weight excluding hydrogens is 138 g/mol. The van der Waals surface area contributed by atoms with E-state index in [9.17, 15) is 0 Å². The minimum absolute atomic E-state index is 0.557. The van der Waals surface area contributed by atoms with Gasteiger partial charge in [-0.2, -0.15) is 0 Å². The van der Waals surface area contributed by atoms with Gasteiger partial charge in [0.1, 0.15) is 0 Å². The van der Waals surface area contributed by atoms with E-state index in [1.165, 1.54) is 19.4 Å². The van der Waals surface area contributed by atoms with Crippen molar-refractivity contribution in [2.75, 3.05) is 26.8 Å². The average molecular weight is 155 g/mol. The van der Waals surface area contributed by atoms with E-state index in [4.69, 9.17) is 4.74 Å². The number of rotatable bonds is 0. The van der Waals surface area contributed by atoms with Gasteiger partial charge < -0.3 is 9.64 Å². The third-order valence-electron chi connectivity index (χ3n) is 3.25. The van der Waals surface area contributed by atoms with Crippen molar-refractivity contribution in [3.8, 4) is 0 Å². The molecule has 2 fully saturated rings. The molecule has 0 N–H and O–H groups in total. The van der Waals surface area contributed by atoms with Crippen LogP contribution in [0.3, 0.4) is 0 Å². The molecule has 2 aliphatic rings. The van der Waals surface area contributed by atoms with Gasteiger partial charge in [0.05, 0.1) is 13.2 Å². The van der Waals surface area contributed by atoms with Gasteiger partial charge in [0.25, 0.3) is 0 Å². The number of nitrogens with zero attached hydrogens (tertiary/aromatic N) is 1. The lowest BCUT2D eigenvalue weighted by Gasteiger charge is -2.49. The van der Waals surface area contributed by atoms with E-state index in [0.717, 1.165) is 19.3 Å². The van der Waals surface area contributed by atoms with E-state index in [-0.39, 0.29) is 0 Å². The van der Waals surface area contributed by atoms with Crippen LogP contribution in [0.1, 0.15) is 19.8 Å². The summed E-state index contributed by atoms with van der Waals surface area (Å²) >= 11 is 0. The lowest BCUT2D eigenvalue weighted by Crippen LogP contribution is -2.55.